The summed E-state index contributed by atoms with van der Waals surface area (Å²) in [7, 11) is -4.20. The van der Waals surface area contributed by atoms with Crippen LogP contribution < -0.4 is 14.8 Å². The van der Waals surface area contributed by atoms with Crippen molar-refractivity contribution in [3.8, 4) is 11.5 Å². The van der Waals surface area contributed by atoms with Crippen LogP contribution in [-0.4, -0.2) is 48.7 Å². The van der Waals surface area contributed by atoms with Gasteiger partial charge in [0.15, 0.2) is 6.61 Å². The quantitative estimate of drug-likeness (QED) is 0.179. The number of nitrogens with one attached hydrogen (secondary N) is 1. The number of ether oxygens (including phenoxy) is 3. The van der Waals surface area contributed by atoms with E-state index in [1.54, 1.807) is 58.9 Å². The van der Waals surface area contributed by atoms with Gasteiger partial charge in [-0.1, -0.05) is 12.1 Å². The van der Waals surface area contributed by atoms with Crippen LogP contribution in [0.3, 0.4) is 0 Å². The normalized spacial score (nSPS) is 13.4. The number of hydrogen-bond acceptors (Lipinski definition) is 8. The molecule has 2 rings (SSSR count). The molecule has 0 aliphatic carbocycles. The maximum atomic E-state index is 15.1. The van der Waals surface area contributed by atoms with E-state index in [4.69, 9.17) is 23.3 Å². The molecule has 228 valence electrons. The lowest BCUT2D eigenvalue weighted by molar-refractivity contribution is -0.153. The van der Waals surface area contributed by atoms with Gasteiger partial charge in [0, 0.05) is 12.3 Å². The molecular formula is C27H35F4N2O7P. The number of alkyl halides is 3. The van der Waals surface area contributed by atoms with Crippen molar-refractivity contribution in [1.82, 2.24) is 10.3 Å². The molecule has 0 radical (unpaired) electrons. The summed E-state index contributed by atoms with van der Waals surface area (Å²) in [6.07, 6.45) is -2.89. The van der Waals surface area contributed by atoms with Crippen molar-refractivity contribution in [2.45, 2.75) is 65.5 Å². The van der Waals surface area contributed by atoms with Gasteiger partial charge in [0.25, 0.3) is 0 Å². The van der Waals surface area contributed by atoms with Crippen LogP contribution in [-0.2, 0) is 31.4 Å². The summed E-state index contributed by atoms with van der Waals surface area (Å²) in [5.74, 6) is 0.432. The number of benzene rings is 1. The Hall–Kier alpha value is -3.15. The minimum atomic E-state index is -4.46. The average Bonchev–Trinajstić information content (AvgIpc) is 2.86. The van der Waals surface area contributed by atoms with E-state index in [1.165, 1.54) is 18.3 Å². The topological polar surface area (TPSA) is 105 Å². The largest absolute Gasteiger partial charge is 0.487 e. The highest BCUT2D eigenvalue weighted by Gasteiger charge is 2.32. The average molecular weight is 607 g/mol. The van der Waals surface area contributed by atoms with Crippen LogP contribution in [0.1, 0.15) is 45.9 Å². The van der Waals surface area contributed by atoms with Gasteiger partial charge < -0.3 is 28.6 Å². The van der Waals surface area contributed by atoms with Crippen molar-refractivity contribution in [1.29, 1.82) is 0 Å². The summed E-state index contributed by atoms with van der Waals surface area (Å²) < 4.78 is 90.9. The molecule has 1 heterocycles. The van der Waals surface area contributed by atoms with Gasteiger partial charge in [0.05, 0.1) is 24.9 Å². The number of amides is 1. The zero-order valence-corrected chi connectivity index (χ0v) is 24.4. The summed E-state index contributed by atoms with van der Waals surface area (Å²) in [5.41, 5.74) is -0.938. The van der Waals surface area contributed by atoms with Gasteiger partial charge in [-0.15, -0.1) is 0 Å². The second kappa shape index (κ2) is 15.2. The van der Waals surface area contributed by atoms with Crippen molar-refractivity contribution < 1.29 is 50.2 Å². The first kappa shape index (κ1) is 34.1. The molecule has 2 aromatic rings. The lowest BCUT2D eigenvalue weighted by Crippen LogP contribution is -2.39. The number of alkyl carbamates (subject to hydrolysis) is 1. The van der Waals surface area contributed by atoms with Crippen LogP contribution in [0.2, 0.25) is 0 Å². The fraction of sp³-hybridized carbons (Fsp3) is 0.481. The number of aromatic nitrogens is 1. The zero-order valence-electron chi connectivity index (χ0n) is 23.5. The minimum Gasteiger partial charge on any atom is -0.487 e. The second-order valence-corrected chi connectivity index (χ2v) is 11.5. The predicted molar refractivity (Wildman–Crippen MR) is 143 cm³/mol. The Morgan fingerprint density at radius 1 is 1.02 bits per heavy atom. The molecule has 0 bridgehead atoms. The maximum absolute atomic E-state index is 15.1. The molecule has 0 fully saturated rings. The Labute approximate surface area is 236 Å². The molecule has 0 saturated carbocycles. The van der Waals surface area contributed by atoms with Gasteiger partial charge in [-0.05, 0) is 70.9 Å². The third-order valence-electron chi connectivity index (χ3n) is 4.86. The first-order valence-corrected chi connectivity index (χ1v) is 14.3. The van der Waals surface area contributed by atoms with E-state index in [9.17, 15) is 22.5 Å². The van der Waals surface area contributed by atoms with Crippen molar-refractivity contribution in [3.63, 3.8) is 0 Å². The third kappa shape index (κ3) is 12.9. The Morgan fingerprint density at radius 3 is 2.22 bits per heavy atom. The molecule has 9 nitrogen and oxygen atoms in total. The number of carbonyl (C=O) groups is 1. The van der Waals surface area contributed by atoms with Gasteiger partial charge in [0.2, 0.25) is 5.57 Å². The fourth-order valence-electron chi connectivity index (χ4n) is 3.29. The number of carbonyl (C=O) groups excluding carboxylic acids is 1. The molecule has 1 aromatic carbocycles. The SMILES string of the molecule is CCOP(=O)(OCC)/C(F)=C/[C@@H](Cc1ccc(OCc2cc(OCC(F)(F)F)ccn2)cc1)NC(=O)OC(C)(C)C. The molecule has 0 saturated heterocycles. The van der Waals surface area contributed by atoms with Crippen LogP contribution >= 0.6 is 7.60 Å². The molecule has 0 spiro atoms. The van der Waals surface area contributed by atoms with Gasteiger partial charge in [-0.2, -0.15) is 17.6 Å². The molecule has 0 aliphatic rings. The van der Waals surface area contributed by atoms with Crippen LogP contribution in [0.5, 0.6) is 11.5 Å². The molecule has 1 amide bonds. The highest BCUT2D eigenvalue weighted by atomic mass is 31.2. The third-order valence-corrected chi connectivity index (χ3v) is 6.73. The molecule has 0 unspecified atom stereocenters. The summed E-state index contributed by atoms with van der Waals surface area (Å²) in [4.78, 5) is 16.5. The Bertz CT molecular complexity index is 1190. The van der Waals surface area contributed by atoms with E-state index in [0.717, 1.165) is 6.08 Å². The highest BCUT2D eigenvalue weighted by molar-refractivity contribution is 7.58. The van der Waals surface area contributed by atoms with Crippen molar-refractivity contribution >= 4 is 13.7 Å². The van der Waals surface area contributed by atoms with Crippen LogP contribution in [0.15, 0.2) is 54.2 Å². The van der Waals surface area contributed by atoms with E-state index in [-0.39, 0.29) is 32.0 Å². The number of nitrogens with zero attached hydrogens (tertiary/aromatic N) is 1. The van der Waals surface area contributed by atoms with E-state index in [0.29, 0.717) is 17.0 Å². The summed E-state index contributed by atoms with van der Waals surface area (Å²) in [5, 5.41) is 2.56. The lowest BCUT2D eigenvalue weighted by Gasteiger charge is -2.23. The monoisotopic (exact) mass is 606 g/mol. The Balaban J connectivity index is 2.13. The van der Waals surface area contributed by atoms with Crippen LogP contribution in [0.4, 0.5) is 22.4 Å². The maximum Gasteiger partial charge on any atom is 0.422 e. The molecule has 1 N–H and O–H groups in total. The predicted octanol–water partition coefficient (Wildman–Crippen LogP) is 7.11. The smallest absolute Gasteiger partial charge is 0.422 e. The van der Waals surface area contributed by atoms with Gasteiger partial charge in [-0.3, -0.25) is 9.55 Å². The fourth-order valence-corrected chi connectivity index (χ4v) is 4.65. The molecule has 14 heteroatoms. The summed E-state index contributed by atoms with van der Waals surface area (Å²) in [6, 6.07) is 8.26. The molecule has 1 atom stereocenters. The second-order valence-electron chi connectivity index (χ2n) is 9.60. The lowest BCUT2D eigenvalue weighted by atomic mass is 10.1. The van der Waals surface area contributed by atoms with Crippen molar-refractivity contribution in [2.24, 2.45) is 0 Å². The molecule has 1 aromatic heterocycles. The van der Waals surface area contributed by atoms with Crippen molar-refractivity contribution in [2.75, 3.05) is 19.8 Å². The number of rotatable bonds is 14. The van der Waals surface area contributed by atoms with Gasteiger partial charge >= 0.3 is 19.9 Å². The van der Waals surface area contributed by atoms with E-state index >= 15 is 4.39 Å². The Morgan fingerprint density at radius 2 is 1.66 bits per heavy atom. The van der Waals surface area contributed by atoms with Crippen LogP contribution in [0.25, 0.3) is 0 Å². The van der Waals surface area contributed by atoms with E-state index in [1.807, 2.05) is 0 Å². The van der Waals surface area contributed by atoms with Crippen LogP contribution in [0, 0.1) is 0 Å². The molecular weight excluding hydrogens is 571 g/mol. The van der Waals surface area contributed by atoms with Crippen molar-refractivity contribution in [3.05, 3.63) is 65.5 Å². The van der Waals surface area contributed by atoms with Gasteiger partial charge in [0.1, 0.15) is 23.7 Å². The first-order chi connectivity index (χ1) is 19.1. The van der Waals surface area contributed by atoms with E-state index < -0.39 is 43.7 Å². The van der Waals surface area contributed by atoms with Gasteiger partial charge in [-0.25, -0.2) is 4.79 Å². The first-order valence-electron chi connectivity index (χ1n) is 12.7. The Kier molecular flexibility index (Phi) is 12.6. The highest BCUT2D eigenvalue weighted by Crippen LogP contribution is 2.56. The molecule has 41 heavy (non-hydrogen) atoms. The summed E-state index contributed by atoms with van der Waals surface area (Å²) in [6.45, 7) is 6.57. The number of hydrogen-bond donors (Lipinski definition) is 1. The standard InChI is InChI=1S/C27H35F4N2O7P/c1-6-38-41(35,39-7-2)24(28)16-20(33-25(34)40-26(3,4)5)14-19-8-10-22(11-9-19)36-17-21-15-23(12-13-32-21)37-18-27(29,30)31/h8-13,15-16,20H,6-7,14,17-18H2,1-5H3,(H,33,34)/b24-16+/t20-/m1/s1. The minimum absolute atomic E-state index is 0.00769. The number of halogens is 4. The number of pyridine rings is 1. The summed E-state index contributed by atoms with van der Waals surface area (Å²) >= 11 is 0. The molecule has 0 aliphatic heterocycles. The zero-order chi connectivity index (χ0) is 30.7. The van der Waals surface area contributed by atoms with E-state index in [2.05, 4.69) is 10.3 Å².